The topological polar surface area (TPSA) is 151 Å². The van der Waals surface area contributed by atoms with Gasteiger partial charge in [-0.3, -0.25) is 4.79 Å². The van der Waals surface area contributed by atoms with Crippen molar-refractivity contribution in [3.8, 4) is 0 Å². The largest absolute Gasteiger partial charge is 0.393 e. The zero-order chi connectivity index (χ0) is 14.9. The molecule has 0 aromatic rings. The van der Waals surface area contributed by atoms with Gasteiger partial charge in [0.1, 0.15) is 6.10 Å². The SMILES string of the molecule is [N-]=[N+]=NC1(CO)OC(N2C=CC(=O)NC2O)C(F)C1O. The highest BCUT2D eigenvalue weighted by atomic mass is 19.1. The second kappa shape index (κ2) is 5.23. The van der Waals surface area contributed by atoms with E-state index in [-0.39, 0.29) is 0 Å². The van der Waals surface area contributed by atoms with Crippen molar-refractivity contribution in [2.24, 2.45) is 5.11 Å². The van der Waals surface area contributed by atoms with Crippen molar-refractivity contribution in [1.82, 2.24) is 10.2 Å². The lowest BCUT2D eigenvalue weighted by Crippen LogP contribution is -2.54. The van der Waals surface area contributed by atoms with E-state index in [1.165, 1.54) is 0 Å². The predicted molar refractivity (Wildman–Crippen MR) is 59.9 cm³/mol. The van der Waals surface area contributed by atoms with Gasteiger partial charge in [0.05, 0.1) is 6.61 Å². The summed E-state index contributed by atoms with van der Waals surface area (Å²) in [6, 6.07) is 0. The molecule has 2 heterocycles. The van der Waals surface area contributed by atoms with Gasteiger partial charge in [-0.2, -0.15) is 0 Å². The lowest BCUT2D eigenvalue weighted by atomic mass is 10.1. The third-order valence-corrected chi connectivity index (χ3v) is 3.05. The smallest absolute Gasteiger partial charge is 0.248 e. The molecule has 0 aromatic heterocycles. The van der Waals surface area contributed by atoms with Gasteiger partial charge in [-0.15, -0.1) is 0 Å². The molecular weight excluding hydrogens is 277 g/mol. The summed E-state index contributed by atoms with van der Waals surface area (Å²) < 4.78 is 19.1. The molecule has 2 rings (SSSR count). The lowest BCUT2D eigenvalue weighted by Gasteiger charge is -2.35. The molecule has 10 nitrogen and oxygen atoms in total. The minimum atomic E-state index is -2.19. The van der Waals surface area contributed by atoms with Gasteiger partial charge < -0.3 is 30.3 Å². The van der Waals surface area contributed by atoms with Gasteiger partial charge in [0.25, 0.3) is 0 Å². The Kier molecular flexibility index (Phi) is 3.79. The molecule has 20 heavy (non-hydrogen) atoms. The first kappa shape index (κ1) is 14.5. The van der Waals surface area contributed by atoms with Gasteiger partial charge in [0.15, 0.2) is 12.4 Å². The van der Waals surface area contributed by atoms with E-state index in [4.69, 9.17) is 10.3 Å². The van der Waals surface area contributed by atoms with Crippen LogP contribution in [0.25, 0.3) is 10.4 Å². The van der Waals surface area contributed by atoms with Gasteiger partial charge >= 0.3 is 0 Å². The van der Waals surface area contributed by atoms with Crippen molar-refractivity contribution in [3.63, 3.8) is 0 Å². The van der Waals surface area contributed by atoms with E-state index in [0.717, 1.165) is 17.2 Å². The van der Waals surface area contributed by atoms with Crippen LogP contribution < -0.4 is 5.32 Å². The Hall–Kier alpha value is -1.91. The fraction of sp³-hybridized carbons (Fsp3) is 0.667. The first-order chi connectivity index (χ1) is 9.45. The maximum Gasteiger partial charge on any atom is 0.248 e. The summed E-state index contributed by atoms with van der Waals surface area (Å²) in [4.78, 5) is 14.3. The fourth-order valence-corrected chi connectivity index (χ4v) is 2.00. The highest BCUT2D eigenvalue weighted by Gasteiger charge is 2.57. The second-order valence-corrected chi connectivity index (χ2v) is 4.24. The molecule has 0 radical (unpaired) electrons. The Balaban J connectivity index is 2.28. The van der Waals surface area contributed by atoms with Crippen LogP contribution in [0.15, 0.2) is 17.4 Å². The predicted octanol–water partition coefficient (Wildman–Crippen LogP) is -1.74. The van der Waals surface area contributed by atoms with Crippen molar-refractivity contribution >= 4 is 5.91 Å². The van der Waals surface area contributed by atoms with Gasteiger partial charge in [-0.1, -0.05) is 5.11 Å². The van der Waals surface area contributed by atoms with Gasteiger partial charge in [-0.05, 0) is 5.53 Å². The van der Waals surface area contributed by atoms with Gasteiger partial charge in [0.2, 0.25) is 18.0 Å². The molecular formula is C9H12FN5O5. The molecule has 0 saturated carbocycles. The van der Waals surface area contributed by atoms with Crippen LogP contribution in [0.5, 0.6) is 0 Å². The van der Waals surface area contributed by atoms with Crippen LogP contribution in [0.3, 0.4) is 0 Å². The monoisotopic (exact) mass is 289 g/mol. The molecule has 0 spiro atoms. The number of nitrogens with zero attached hydrogens (tertiary/aromatic N) is 4. The van der Waals surface area contributed by atoms with E-state index in [9.17, 15) is 24.5 Å². The lowest BCUT2D eigenvalue weighted by molar-refractivity contribution is -0.171. The first-order valence-electron chi connectivity index (χ1n) is 5.56. The van der Waals surface area contributed by atoms with Crippen LogP contribution in [0.2, 0.25) is 0 Å². The molecule has 1 fully saturated rings. The molecule has 4 N–H and O–H groups in total. The number of carbonyl (C=O) groups is 1. The molecule has 2 aliphatic heterocycles. The van der Waals surface area contributed by atoms with E-state index >= 15 is 0 Å². The first-order valence-corrected chi connectivity index (χ1v) is 5.56. The van der Waals surface area contributed by atoms with Crippen LogP contribution in [0, 0.1) is 0 Å². The summed E-state index contributed by atoms with van der Waals surface area (Å²) in [6.07, 6.45) is -5.05. The molecule has 110 valence electrons. The highest BCUT2D eigenvalue weighted by Crippen LogP contribution is 2.36. The normalized spacial score (nSPS) is 40.4. The molecule has 0 bridgehead atoms. The van der Waals surface area contributed by atoms with Crippen molar-refractivity contribution in [3.05, 3.63) is 22.7 Å². The molecule has 0 aromatic carbocycles. The number of rotatable bonds is 3. The summed E-state index contributed by atoms with van der Waals surface area (Å²) in [5, 5.41) is 33.7. The summed E-state index contributed by atoms with van der Waals surface area (Å²) in [6.45, 7) is -0.949. The molecule has 1 saturated heterocycles. The van der Waals surface area contributed by atoms with Gasteiger partial charge in [0, 0.05) is 17.2 Å². The number of alkyl halides is 1. The van der Waals surface area contributed by atoms with Crippen LogP contribution in [-0.2, 0) is 9.53 Å². The third kappa shape index (κ3) is 2.17. The van der Waals surface area contributed by atoms with Crippen LogP contribution in [0.1, 0.15) is 0 Å². The van der Waals surface area contributed by atoms with E-state index in [0.29, 0.717) is 0 Å². The zero-order valence-corrected chi connectivity index (χ0v) is 10.00. The van der Waals surface area contributed by atoms with Crippen LogP contribution in [-0.4, -0.2) is 63.3 Å². The van der Waals surface area contributed by atoms with Gasteiger partial charge in [-0.25, -0.2) is 4.39 Å². The number of aliphatic hydroxyl groups is 3. The molecule has 1 amide bonds. The number of ether oxygens (including phenoxy) is 1. The van der Waals surface area contributed by atoms with E-state index < -0.39 is 43.1 Å². The number of carbonyl (C=O) groups excluding carboxylic acids is 1. The maximum absolute atomic E-state index is 14.1. The Bertz CT molecular complexity index is 483. The van der Waals surface area contributed by atoms with Crippen molar-refractivity contribution in [1.29, 1.82) is 0 Å². The Labute approximate surface area is 111 Å². The van der Waals surface area contributed by atoms with Crippen LogP contribution >= 0.6 is 0 Å². The minimum absolute atomic E-state index is 0.592. The third-order valence-electron chi connectivity index (χ3n) is 3.05. The van der Waals surface area contributed by atoms with E-state index in [2.05, 4.69) is 15.3 Å². The summed E-state index contributed by atoms with van der Waals surface area (Å²) in [5.74, 6) is -0.592. The minimum Gasteiger partial charge on any atom is -0.393 e. The number of aliphatic hydroxyl groups excluding tert-OH is 3. The molecule has 2 aliphatic rings. The van der Waals surface area contributed by atoms with Crippen molar-refractivity contribution in [2.75, 3.05) is 6.61 Å². The molecule has 5 atom stereocenters. The highest BCUT2D eigenvalue weighted by molar-refractivity contribution is 5.88. The number of halogens is 1. The standard InChI is InChI=1S/C9H12FN5O5/c10-5-6(18)9(3-16,13-14-11)20-7(5)15-2-1-4(17)12-8(15)19/h1-2,5-8,16,18-19H,3H2,(H,12,17). The Morgan fingerprint density at radius 3 is 2.90 bits per heavy atom. The number of nitrogens with one attached hydrogen (secondary N) is 1. The number of hydrogen-bond donors (Lipinski definition) is 4. The molecule has 11 heteroatoms. The number of amides is 1. The second-order valence-electron chi connectivity index (χ2n) is 4.24. The maximum atomic E-state index is 14.1. The number of hydrogen-bond acceptors (Lipinski definition) is 7. The van der Waals surface area contributed by atoms with Crippen molar-refractivity contribution < 1.29 is 29.2 Å². The molecule has 0 aliphatic carbocycles. The summed E-state index contributed by atoms with van der Waals surface area (Å²) >= 11 is 0. The average molecular weight is 289 g/mol. The Morgan fingerprint density at radius 2 is 2.35 bits per heavy atom. The average Bonchev–Trinajstić information content (AvgIpc) is 2.65. The van der Waals surface area contributed by atoms with E-state index in [1.54, 1.807) is 0 Å². The number of azide groups is 1. The molecule has 5 unspecified atom stereocenters. The van der Waals surface area contributed by atoms with Crippen molar-refractivity contribution in [2.45, 2.75) is 30.6 Å². The fourth-order valence-electron chi connectivity index (χ4n) is 2.00. The zero-order valence-electron chi connectivity index (χ0n) is 10.00. The van der Waals surface area contributed by atoms with E-state index in [1.807, 2.05) is 0 Å². The summed E-state index contributed by atoms with van der Waals surface area (Å²) in [7, 11) is 0. The quantitative estimate of drug-likeness (QED) is 0.275. The Morgan fingerprint density at radius 1 is 1.65 bits per heavy atom. The summed E-state index contributed by atoms with van der Waals surface area (Å²) in [5.41, 5.74) is 6.22. The van der Waals surface area contributed by atoms with Crippen LogP contribution in [0.4, 0.5) is 4.39 Å².